The first-order chi connectivity index (χ1) is 11.0. The van der Waals surface area contributed by atoms with Gasteiger partial charge in [0.25, 0.3) is 0 Å². The maximum Gasteiger partial charge on any atom is 0.237 e. The normalized spacial score (nSPS) is 12.8. The Morgan fingerprint density at radius 3 is 2.42 bits per heavy atom. The Morgan fingerprint density at radius 1 is 1.12 bits per heavy atom. The van der Waals surface area contributed by atoms with Gasteiger partial charge in [0.05, 0.1) is 6.04 Å². The summed E-state index contributed by atoms with van der Waals surface area (Å²) < 4.78 is 0. The third kappa shape index (κ3) is 6.33. The zero-order valence-corrected chi connectivity index (χ0v) is 15.7. The minimum atomic E-state index is -0.569. The summed E-state index contributed by atoms with van der Waals surface area (Å²) in [5.74, 6) is -0.161. The zero-order chi connectivity index (χ0) is 16.8. The average molecular weight is 388 g/mol. The van der Waals surface area contributed by atoms with Gasteiger partial charge in [0.15, 0.2) is 0 Å². The number of carbonyl (C=O) groups is 1. The van der Waals surface area contributed by atoms with Crippen LogP contribution < -0.4 is 11.1 Å². The van der Waals surface area contributed by atoms with Gasteiger partial charge in [-0.05, 0) is 43.0 Å². The van der Waals surface area contributed by atoms with Crippen molar-refractivity contribution >= 4 is 41.5 Å². The summed E-state index contributed by atoms with van der Waals surface area (Å²) in [5, 5.41) is 4.14. The second-order valence-electron chi connectivity index (χ2n) is 5.65. The van der Waals surface area contributed by atoms with Crippen molar-refractivity contribution in [3.63, 3.8) is 0 Å². The van der Waals surface area contributed by atoms with Crippen molar-refractivity contribution in [2.45, 2.75) is 31.8 Å². The zero-order valence-electron chi connectivity index (χ0n) is 13.3. The van der Waals surface area contributed by atoms with Crippen molar-refractivity contribution < 1.29 is 4.79 Å². The van der Waals surface area contributed by atoms with Crippen molar-refractivity contribution in [2.24, 2.45) is 5.73 Å². The Morgan fingerprint density at radius 2 is 1.79 bits per heavy atom. The van der Waals surface area contributed by atoms with Gasteiger partial charge in [-0.1, -0.05) is 59.6 Å². The van der Waals surface area contributed by atoms with E-state index >= 15 is 0 Å². The largest absolute Gasteiger partial charge is 0.352 e. The monoisotopic (exact) mass is 386 g/mol. The highest BCUT2D eigenvalue weighted by atomic mass is 35.5. The second kappa shape index (κ2) is 9.90. The molecule has 2 aromatic rings. The van der Waals surface area contributed by atoms with Crippen LogP contribution in [-0.4, -0.2) is 18.0 Å². The standard InChI is InChI=1S/C18H20Cl2N2O.ClH/c1-12(9-14-7-8-15(19)11-16(14)20)22-18(23)17(21)10-13-5-3-2-4-6-13;/h2-8,11-12,17H,9-10,21H2,1H3,(H,22,23);1H/t12?,17-;/m0./s1. The lowest BCUT2D eigenvalue weighted by molar-refractivity contribution is -0.122. The number of hydrogen-bond donors (Lipinski definition) is 2. The molecule has 24 heavy (non-hydrogen) atoms. The Hall–Kier alpha value is -1.26. The summed E-state index contributed by atoms with van der Waals surface area (Å²) in [7, 11) is 0. The molecule has 1 amide bonds. The van der Waals surface area contributed by atoms with Crippen LogP contribution in [0.2, 0.25) is 10.0 Å². The highest BCUT2D eigenvalue weighted by molar-refractivity contribution is 6.35. The Balaban J connectivity index is 0.00000288. The molecule has 0 aliphatic rings. The molecule has 0 saturated carbocycles. The van der Waals surface area contributed by atoms with E-state index in [4.69, 9.17) is 28.9 Å². The first kappa shape index (κ1) is 20.8. The first-order valence-corrected chi connectivity index (χ1v) is 8.25. The van der Waals surface area contributed by atoms with Gasteiger partial charge < -0.3 is 11.1 Å². The minimum absolute atomic E-state index is 0. The summed E-state index contributed by atoms with van der Waals surface area (Å²) in [6.45, 7) is 1.93. The smallest absolute Gasteiger partial charge is 0.237 e. The van der Waals surface area contributed by atoms with E-state index in [0.717, 1.165) is 11.1 Å². The van der Waals surface area contributed by atoms with E-state index in [1.165, 1.54) is 0 Å². The van der Waals surface area contributed by atoms with E-state index in [0.29, 0.717) is 22.9 Å². The van der Waals surface area contributed by atoms with Crippen LogP contribution in [-0.2, 0) is 17.6 Å². The second-order valence-corrected chi connectivity index (χ2v) is 6.49. The van der Waals surface area contributed by atoms with E-state index in [2.05, 4.69) is 5.32 Å². The summed E-state index contributed by atoms with van der Waals surface area (Å²) in [6.07, 6.45) is 1.14. The molecule has 0 saturated heterocycles. The van der Waals surface area contributed by atoms with Gasteiger partial charge in [0, 0.05) is 16.1 Å². The lowest BCUT2D eigenvalue weighted by atomic mass is 10.0. The predicted molar refractivity (Wildman–Crippen MR) is 103 cm³/mol. The molecule has 0 aliphatic carbocycles. The van der Waals surface area contributed by atoms with E-state index in [-0.39, 0.29) is 24.4 Å². The van der Waals surface area contributed by atoms with Crippen LogP contribution in [0.3, 0.4) is 0 Å². The molecular formula is C18H21Cl3N2O. The van der Waals surface area contributed by atoms with E-state index in [9.17, 15) is 4.79 Å². The van der Waals surface area contributed by atoms with Gasteiger partial charge in [0.1, 0.15) is 0 Å². The molecule has 0 bridgehead atoms. The number of rotatable bonds is 6. The van der Waals surface area contributed by atoms with Crippen LogP contribution >= 0.6 is 35.6 Å². The fraction of sp³-hybridized carbons (Fsp3) is 0.278. The molecule has 0 heterocycles. The molecule has 0 aromatic heterocycles. The van der Waals surface area contributed by atoms with Gasteiger partial charge in [-0.15, -0.1) is 12.4 Å². The van der Waals surface area contributed by atoms with Crippen molar-refractivity contribution in [3.05, 3.63) is 69.7 Å². The number of nitrogens with one attached hydrogen (secondary N) is 1. The quantitative estimate of drug-likeness (QED) is 0.786. The van der Waals surface area contributed by atoms with E-state index in [1.54, 1.807) is 12.1 Å². The van der Waals surface area contributed by atoms with Crippen LogP contribution in [0.5, 0.6) is 0 Å². The maximum atomic E-state index is 12.2. The number of benzene rings is 2. The first-order valence-electron chi connectivity index (χ1n) is 7.49. The van der Waals surface area contributed by atoms with Crippen molar-refractivity contribution in [3.8, 4) is 0 Å². The summed E-state index contributed by atoms with van der Waals surface area (Å²) in [5.41, 5.74) is 7.97. The van der Waals surface area contributed by atoms with Crippen molar-refractivity contribution in [2.75, 3.05) is 0 Å². The molecule has 3 nitrogen and oxygen atoms in total. The lowest BCUT2D eigenvalue weighted by Crippen LogP contribution is -2.46. The summed E-state index contributed by atoms with van der Waals surface area (Å²) in [6, 6.07) is 14.5. The fourth-order valence-electron chi connectivity index (χ4n) is 2.38. The van der Waals surface area contributed by atoms with Crippen molar-refractivity contribution in [1.29, 1.82) is 0 Å². The summed E-state index contributed by atoms with van der Waals surface area (Å²) in [4.78, 5) is 12.2. The van der Waals surface area contributed by atoms with Gasteiger partial charge in [-0.2, -0.15) is 0 Å². The van der Waals surface area contributed by atoms with Crippen LogP contribution in [0, 0.1) is 0 Å². The highest BCUT2D eigenvalue weighted by Gasteiger charge is 2.17. The molecule has 2 rings (SSSR count). The summed E-state index contributed by atoms with van der Waals surface area (Å²) >= 11 is 12.0. The number of hydrogen-bond acceptors (Lipinski definition) is 2. The van der Waals surface area contributed by atoms with Crippen LogP contribution in [0.25, 0.3) is 0 Å². The molecular weight excluding hydrogens is 367 g/mol. The molecule has 0 aliphatic heterocycles. The van der Waals surface area contributed by atoms with Gasteiger partial charge in [-0.3, -0.25) is 4.79 Å². The fourth-order valence-corrected chi connectivity index (χ4v) is 2.86. The third-order valence-electron chi connectivity index (χ3n) is 3.57. The van der Waals surface area contributed by atoms with Gasteiger partial charge >= 0.3 is 0 Å². The third-order valence-corrected chi connectivity index (χ3v) is 4.15. The Kier molecular flexibility index (Phi) is 8.57. The molecule has 2 aromatic carbocycles. The molecule has 1 unspecified atom stereocenters. The molecule has 130 valence electrons. The molecule has 0 spiro atoms. The molecule has 0 fully saturated rings. The Bertz CT molecular complexity index is 665. The number of nitrogens with two attached hydrogens (primary N) is 1. The van der Waals surface area contributed by atoms with Crippen molar-refractivity contribution in [1.82, 2.24) is 5.32 Å². The van der Waals surface area contributed by atoms with Gasteiger partial charge in [0.2, 0.25) is 5.91 Å². The van der Waals surface area contributed by atoms with Crippen LogP contribution in [0.4, 0.5) is 0 Å². The maximum absolute atomic E-state index is 12.2. The van der Waals surface area contributed by atoms with Gasteiger partial charge in [-0.25, -0.2) is 0 Å². The van der Waals surface area contributed by atoms with Crippen LogP contribution in [0.1, 0.15) is 18.1 Å². The molecule has 0 radical (unpaired) electrons. The van der Waals surface area contributed by atoms with E-state index < -0.39 is 6.04 Å². The molecule has 3 N–H and O–H groups in total. The number of carbonyl (C=O) groups excluding carboxylic acids is 1. The highest BCUT2D eigenvalue weighted by Crippen LogP contribution is 2.22. The number of amides is 1. The predicted octanol–water partition coefficient (Wildman–Crippen LogP) is 4.03. The Labute approximate surface area is 158 Å². The minimum Gasteiger partial charge on any atom is -0.352 e. The van der Waals surface area contributed by atoms with E-state index in [1.807, 2.05) is 43.3 Å². The average Bonchev–Trinajstić information content (AvgIpc) is 2.51. The lowest BCUT2D eigenvalue weighted by Gasteiger charge is -2.18. The van der Waals surface area contributed by atoms with Crippen LogP contribution in [0.15, 0.2) is 48.5 Å². The molecule has 6 heteroatoms. The topological polar surface area (TPSA) is 55.1 Å². The number of halogens is 3. The SMILES string of the molecule is CC(Cc1ccc(Cl)cc1Cl)NC(=O)[C@@H](N)Cc1ccccc1.Cl. The molecule has 2 atom stereocenters.